The van der Waals surface area contributed by atoms with Gasteiger partial charge in [-0.1, -0.05) is 0 Å². The summed E-state index contributed by atoms with van der Waals surface area (Å²) in [6.45, 7) is 4.33. The van der Waals surface area contributed by atoms with Crippen LogP contribution in [0.5, 0.6) is 0 Å². The molecule has 25 heavy (non-hydrogen) atoms. The smallest absolute Gasteiger partial charge is 0.151 e. The van der Waals surface area contributed by atoms with Gasteiger partial charge in [-0.05, 0) is 37.0 Å². The van der Waals surface area contributed by atoms with E-state index in [0.29, 0.717) is 12.5 Å². The van der Waals surface area contributed by atoms with Gasteiger partial charge in [-0.25, -0.2) is 0 Å². The molecular weight excluding hydrogens is 316 g/mol. The predicted octanol–water partition coefficient (Wildman–Crippen LogP) is 1.38. The van der Waals surface area contributed by atoms with Crippen LogP contribution in [0.2, 0.25) is 0 Å². The highest BCUT2D eigenvalue weighted by atomic mass is 16.5. The molecule has 2 aromatic heterocycles. The van der Waals surface area contributed by atoms with Crippen molar-refractivity contribution in [3.8, 4) is 0 Å². The van der Waals surface area contributed by atoms with E-state index in [0.717, 1.165) is 68.4 Å². The second kappa shape index (κ2) is 6.22. The van der Waals surface area contributed by atoms with E-state index < -0.39 is 0 Å². The zero-order valence-corrected chi connectivity index (χ0v) is 14.2. The van der Waals surface area contributed by atoms with Gasteiger partial charge in [-0.3, -0.25) is 0 Å². The molecule has 1 N–H and O–H groups in total. The molecule has 1 fully saturated rings. The van der Waals surface area contributed by atoms with Gasteiger partial charge in [0, 0.05) is 37.5 Å². The lowest BCUT2D eigenvalue weighted by Crippen LogP contribution is -2.50. The van der Waals surface area contributed by atoms with Crippen LogP contribution in [-0.4, -0.2) is 46.6 Å². The minimum absolute atomic E-state index is 0.601. The van der Waals surface area contributed by atoms with Crippen molar-refractivity contribution < 1.29 is 4.74 Å². The minimum atomic E-state index is 0.601. The molecule has 0 saturated carbocycles. The summed E-state index contributed by atoms with van der Waals surface area (Å²) >= 11 is 0. The lowest BCUT2D eigenvalue weighted by molar-refractivity contribution is 0.109. The molecule has 3 aliphatic rings. The molecule has 0 bridgehead atoms. The van der Waals surface area contributed by atoms with Crippen molar-refractivity contribution in [2.75, 3.05) is 36.5 Å². The number of aryl methyl sites for hydroxylation is 2. The van der Waals surface area contributed by atoms with Gasteiger partial charge in [0.2, 0.25) is 0 Å². The summed E-state index contributed by atoms with van der Waals surface area (Å²) < 4.78 is 5.49. The van der Waals surface area contributed by atoms with Gasteiger partial charge >= 0.3 is 0 Å². The Morgan fingerprint density at radius 3 is 2.84 bits per heavy atom. The average molecular weight is 338 g/mol. The van der Waals surface area contributed by atoms with Crippen molar-refractivity contribution in [1.82, 2.24) is 20.4 Å². The van der Waals surface area contributed by atoms with Crippen LogP contribution in [0.15, 0.2) is 12.1 Å². The quantitative estimate of drug-likeness (QED) is 0.902. The lowest BCUT2D eigenvalue weighted by atomic mass is 10.00. The highest BCUT2D eigenvalue weighted by Gasteiger charge is 2.29. The number of ether oxygens (including phenoxy) is 1. The molecule has 5 rings (SSSR count). The molecule has 7 heteroatoms. The number of hydrogen-bond acceptors (Lipinski definition) is 7. The summed E-state index contributed by atoms with van der Waals surface area (Å²) in [7, 11) is 0. The number of fused-ring (bicyclic) bond motifs is 2. The minimum Gasteiger partial charge on any atom is -0.376 e. The van der Waals surface area contributed by atoms with Crippen LogP contribution in [-0.2, 0) is 30.6 Å². The van der Waals surface area contributed by atoms with E-state index >= 15 is 0 Å². The molecule has 7 nitrogen and oxygen atoms in total. The molecular formula is C18H22N6O. The van der Waals surface area contributed by atoms with Crippen LogP contribution in [0.1, 0.15) is 28.9 Å². The largest absolute Gasteiger partial charge is 0.376 e. The van der Waals surface area contributed by atoms with Crippen molar-refractivity contribution in [2.24, 2.45) is 5.92 Å². The van der Waals surface area contributed by atoms with E-state index in [-0.39, 0.29) is 0 Å². The standard InChI is InChI=1S/C18H22N6O/c1-2-13-7-18(23-21-15(13)3-1)24-9-12(10-24)8-19-17-6-14-11-25-5-4-16(14)20-22-17/h6-7,12H,1-5,8-11H2,(H,19,22). The van der Waals surface area contributed by atoms with Crippen molar-refractivity contribution in [3.63, 3.8) is 0 Å². The molecule has 0 spiro atoms. The Morgan fingerprint density at radius 2 is 1.88 bits per heavy atom. The van der Waals surface area contributed by atoms with Gasteiger partial charge in [0.05, 0.1) is 24.6 Å². The van der Waals surface area contributed by atoms with Gasteiger partial charge in [0.1, 0.15) is 5.82 Å². The van der Waals surface area contributed by atoms with Crippen LogP contribution in [0.3, 0.4) is 0 Å². The first-order valence-electron chi connectivity index (χ1n) is 9.13. The number of nitrogens with one attached hydrogen (secondary N) is 1. The van der Waals surface area contributed by atoms with Crippen LogP contribution in [0.25, 0.3) is 0 Å². The van der Waals surface area contributed by atoms with Gasteiger partial charge in [0.15, 0.2) is 5.82 Å². The molecule has 4 heterocycles. The van der Waals surface area contributed by atoms with E-state index in [9.17, 15) is 0 Å². The molecule has 2 aromatic rings. The maximum absolute atomic E-state index is 5.49. The molecule has 0 amide bonds. The molecule has 1 aliphatic carbocycles. The van der Waals surface area contributed by atoms with Crippen molar-refractivity contribution in [1.29, 1.82) is 0 Å². The van der Waals surface area contributed by atoms with Gasteiger partial charge in [-0.15, -0.1) is 10.2 Å². The van der Waals surface area contributed by atoms with Gasteiger partial charge in [-0.2, -0.15) is 10.2 Å². The Labute approximate surface area is 146 Å². The van der Waals surface area contributed by atoms with E-state index in [1.54, 1.807) is 0 Å². The van der Waals surface area contributed by atoms with Gasteiger partial charge < -0.3 is 15.0 Å². The topological polar surface area (TPSA) is 76.1 Å². The summed E-state index contributed by atoms with van der Waals surface area (Å²) in [5, 5.41) is 20.8. The molecule has 2 aliphatic heterocycles. The van der Waals surface area contributed by atoms with Crippen LogP contribution >= 0.6 is 0 Å². The van der Waals surface area contributed by atoms with E-state index in [2.05, 4.69) is 42.7 Å². The molecule has 1 saturated heterocycles. The summed E-state index contributed by atoms with van der Waals surface area (Å²) in [5.41, 5.74) is 4.81. The maximum Gasteiger partial charge on any atom is 0.151 e. The lowest BCUT2D eigenvalue weighted by Gasteiger charge is -2.40. The zero-order chi connectivity index (χ0) is 16.6. The Balaban J connectivity index is 1.15. The molecule has 0 atom stereocenters. The fraction of sp³-hybridized carbons (Fsp3) is 0.556. The molecule has 0 aromatic carbocycles. The SMILES string of the molecule is c1c(NCC2CN(c3cc4c(nn3)CCC4)C2)nnc2c1COCC2. The predicted molar refractivity (Wildman–Crippen MR) is 93.6 cm³/mol. The van der Waals surface area contributed by atoms with Crippen LogP contribution in [0.4, 0.5) is 11.6 Å². The maximum atomic E-state index is 5.49. The highest BCUT2D eigenvalue weighted by Crippen LogP contribution is 2.27. The first-order valence-corrected chi connectivity index (χ1v) is 9.13. The van der Waals surface area contributed by atoms with Crippen LogP contribution < -0.4 is 10.2 Å². The molecule has 130 valence electrons. The van der Waals surface area contributed by atoms with Crippen molar-refractivity contribution in [3.05, 3.63) is 34.6 Å². The molecule has 0 radical (unpaired) electrons. The molecule has 0 unspecified atom stereocenters. The average Bonchev–Trinajstić information content (AvgIpc) is 3.08. The number of hydrogen-bond donors (Lipinski definition) is 1. The first-order chi connectivity index (χ1) is 12.3. The fourth-order valence-corrected chi connectivity index (χ4v) is 3.84. The van der Waals surface area contributed by atoms with Gasteiger partial charge in [0.25, 0.3) is 0 Å². The number of anilines is 2. The number of aromatic nitrogens is 4. The van der Waals surface area contributed by atoms with E-state index in [4.69, 9.17) is 4.74 Å². The Morgan fingerprint density at radius 1 is 1.00 bits per heavy atom. The van der Waals surface area contributed by atoms with E-state index in [1.807, 2.05) is 0 Å². The second-order valence-electron chi connectivity index (χ2n) is 7.18. The third kappa shape index (κ3) is 2.93. The summed E-state index contributed by atoms with van der Waals surface area (Å²) in [6.07, 6.45) is 4.31. The third-order valence-corrected chi connectivity index (χ3v) is 5.36. The Bertz CT molecular complexity index is 789. The summed E-state index contributed by atoms with van der Waals surface area (Å²) in [6, 6.07) is 4.30. The fourth-order valence-electron chi connectivity index (χ4n) is 3.84. The third-order valence-electron chi connectivity index (χ3n) is 5.36. The summed E-state index contributed by atoms with van der Waals surface area (Å²) in [4.78, 5) is 2.31. The zero-order valence-electron chi connectivity index (χ0n) is 14.2. The second-order valence-corrected chi connectivity index (χ2v) is 7.18. The number of rotatable bonds is 4. The Kier molecular flexibility index (Phi) is 3.73. The summed E-state index contributed by atoms with van der Waals surface area (Å²) in [5.74, 6) is 2.48. The van der Waals surface area contributed by atoms with Crippen molar-refractivity contribution in [2.45, 2.75) is 32.3 Å². The van der Waals surface area contributed by atoms with E-state index in [1.165, 1.54) is 17.7 Å². The normalized spacial score (nSPS) is 19.3. The highest BCUT2D eigenvalue weighted by molar-refractivity contribution is 5.46. The first kappa shape index (κ1) is 15.0. The van der Waals surface area contributed by atoms with Crippen LogP contribution in [0, 0.1) is 5.92 Å². The number of nitrogens with zero attached hydrogens (tertiary/aromatic N) is 5. The Hall–Kier alpha value is -2.28. The monoisotopic (exact) mass is 338 g/mol. The van der Waals surface area contributed by atoms with Crippen molar-refractivity contribution >= 4 is 11.6 Å².